The molecule has 0 radical (unpaired) electrons. The first-order chi connectivity index (χ1) is 6.49. The third kappa shape index (κ3) is 1.51. The molecule has 1 aliphatic rings. The number of hydrogen-bond donors (Lipinski definition) is 1. The summed E-state index contributed by atoms with van der Waals surface area (Å²) in [6, 6.07) is 3.65. The molecule has 0 atom stereocenters. The van der Waals surface area contributed by atoms with E-state index in [2.05, 4.69) is 5.32 Å². The Morgan fingerprint density at radius 1 is 1.43 bits per heavy atom. The summed E-state index contributed by atoms with van der Waals surface area (Å²) in [5.41, 5.74) is 0.341. The molecular weight excluding hydrogens is 232 g/mol. The van der Waals surface area contributed by atoms with Crippen molar-refractivity contribution in [2.45, 2.75) is 4.52 Å². The number of anilines is 1. The molecule has 1 aliphatic heterocycles. The van der Waals surface area contributed by atoms with Gasteiger partial charge in [-0.05, 0) is 35.3 Å². The van der Waals surface area contributed by atoms with Crippen LogP contribution >= 0.6 is 23.2 Å². The zero-order chi connectivity index (χ0) is 10.3. The second-order valence-electron chi connectivity index (χ2n) is 2.71. The van der Waals surface area contributed by atoms with Gasteiger partial charge in [0.05, 0.1) is 5.69 Å². The Morgan fingerprint density at radius 3 is 2.86 bits per heavy atom. The van der Waals surface area contributed by atoms with Crippen molar-refractivity contribution in [3.63, 3.8) is 0 Å². The van der Waals surface area contributed by atoms with Crippen LogP contribution in [-0.4, -0.2) is 10.4 Å². The lowest BCUT2D eigenvalue weighted by Crippen LogP contribution is -2.41. The normalized spacial score (nSPS) is 18.1. The van der Waals surface area contributed by atoms with Gasteiger partial charge in [-0.2, -0.15) is 0 Å². The highest BCUT2D eigenvalue weighted by Crippen LogP contribution is 2.37. The minimum Gasteiger partial charge on any atom is -0.448 e. The van der Waals surface area contributed by atoms with Gasteiger partial charge in [0.25, 0.3) is 0 Å². The number of rotatable bonds is 0. The Labute approximate surface area is 88.8 Å². The number of fused-ring (bicyclic) bond motifs is 1. The maximum atomic E-state index is 12.8. The lowest BCUT2D eigenvalue weighted by molar-refractivity contribution is -0.122. The first kappa shape index (κ1) is 9.55. The molecule has 1 N–H and O–H groups in total. The minimum absolute atomic E-state index is 0.106. The van der Waals surface area contributed by atoms with Crippen LogP contribution in [-0.2, 0) is 4.79 Å². The predicted molar refractivity (Wildman–Crippen MR) is 50.1 cm³/mol. The quantitative estimate of drug-likeness (QED) is 0.701. The fourth-order valence-corrected chi connectivity index (χ4v) is 1.32. The summed E-state index contributed by atoms with van der Waals surface area (Å²) < 4.78 is 15.7. The summed E-state index contributed by atoms with van der Waals surface area (Å²) in [6.45, 7) is 0. The van der Waals surface area contributed by atoms with E-state index in [1.165, 1.54) is 12.1 Å². The SMILES string of the molecule is O=C1Nc2ccc(F)cc2OC1(Cl)Cl. The number of hydrogen-bond acceptors (Lipinski definition) is 2. The molecule has 1 amide bonds. The molecule has 0 saturated heterocycles. The topological polar surface area (TPSA) is 38.3 Å². The number of amides is 1. The third-order valence-corrected chi connectivity index (χ3v) is 2.19. The molecule has 0 aromatic heterocycles. The smallest absolute Gasteiger partial charge is 0.339 e. The highest BCUT2D eigenvalue weighted by atomic mass is 35.5. The van der Waals surface area contributed by atoms with Crippen molar-refractivity contribution >= 4 is 34.8 Å². The Morgan fingerprint density at radius 2 is 2.14 bits per heavy atom. The van der Waals surface area contributed by atoms with Crippen LogP contribution in [0.1, 0.15) is 0 Å². The van der Waals surface area contributed by atoms with E-state index in [1.807, 2.05) is 0 Å². The molecule has 0 bridgehead atoms. The van der Waals surface area contributed by atoms with Crippen LogP contribution in [0.25, 0.3) is 0 Å². The summed E-state index contributed by atoms with van der Waals surface area (Å²) in [7, 11) is 0. The van der Waals surface area contributed by atoms with Gasteiger partial charge in [0, 0.05) is 6.07 Å². The van der Waals surface area contributed by atoms with Crippen LogP contribution in [0, 0.1) is 5.82 Å². The van der Waals surface area contributed by atoms with Crippen molar-refractivity contribution in [2.24, 2.45) is 0 Å². The van der Waals surface area contributed by atoms with Gasteiger partial charge in [-0.1, -0.05) is 0 Å². The van der Waals surface area contributed by atoms with Crippen molar-refractivity contribution in [2.75, 3.05) is 5.32 Å². The zero-order valence-electron chi connectivity index (χ0n) is 6.68. The Balaban J connectivity index is 2.46. The van der Waals surface area contributed by atoms with Gasteiger partial charge in [0.15, 0.2) is 0 Å². The van der Waals surface area contributed by atoms with Gasteiger partial charge in [0.2, 0.25) is 0 Å². The van der Waals surface area contributed by atoms with Gasteiger partial charge in [0.1, 0.15) is 11.6 Å². The van der Waals surface area contributed by atoms with E-state index < -0.39 is 16.2 Å². The van der Waals surface area contributed by atoms with Crippen LogP contribution in [0.15, 0.2) is 18.2 Å². The van der Waals surface area contributed by atoms with Crippen molar-refractivity contribution in [3.05, 3.63) is 24.0 Å². The number of carbonyl (C=O) groups excluding carboxylic acids is 1. The number of nitrogens with one attached hydrogen (secondary N) is 1. The largest absolute Gasteiger partial charge is 0.448 e. The fourth-order valence-electron chi connectivity index (χ4n) is 1.06. The molecule has 74 valence electrons. The van der Waals surface area contributed by atoms with Gasteiger partial charge >= 0.3 is 10.4 Å². The van der Waals surface area contributed by atoms with Crippen molar-refractivity contribution in [1.82, 2.24) is 0 Å². The molecule has 0 aliphatic carbocycles. The van der Waals surface area contributed by atoms with E-state index in [0.717, 1.165) is 6.07 Å². The molecule has 1 aromatic carbocycles. The second-order valence-corrected chi connectivity index (χ2v) is 3.97. The zero-order valence-corrected chi connectivity index (χ0v) is 8.19. The molecule has 2 rings (SSSR count). The Kier molecular flexibility index (Phi) is 2.05. The monoisotopic (exact) mass is 235 g/mol. The lowest BCUT2D eigenvalue weighted by Gasteiger charge is -2.27. The summed E-state index contributed by atoms with van der Waals surface area (Å²) in [6.07, 6.45) is 0. The van der Waals surface area contributed by atoms with Crippen LogP contribution in [0.5, 0.6) is 5.75 Å². The summed E-state index contributed by atoms with van der Waals surface area (Å²) in [5, 5.41) is 2.38. The molecular formula is C8H4Cl2FNO2. The summed E-state index contributed by atoms with van der Waals surface area (Å²) in [4.78, 5) is 11.2. The standard InChI is InChI=1S/C8H4Cl2FNO2/c9-8(10)7(13)12-5-2-1-4(11)3-6(5)14-8/h1-3H,(H,12,13). The first-order valence-electron chi connectivity index (χ1n) is 3.67. The molecule has 0 saturated carbocycles. The molecule has 1 aromatic rings. The van der Waals surface area contributed by atoms with Crippen LogP contribution in [0.2, 0.25) is 0 Å². The Hall–Kier alpha value is -1.000. The molecule has 6 heteroatoms. The van der Waals surface area contributed by atoms with Crippen LogP contribution in [0.3, 0.4) is 0 Å². The maximum absolute atomic E-state index is 12.8. The predicted octanol–water partition coefficient (Wildman–Crippen LogP) is 2.29. The highest BCUT2D eigenvalue weighted by Gasteiger charge is 2.41. The number of alkyl halides is 2. The summed E-state index contributed by atoms with van der Waals surface area (Å²) >= 11 is 11.0. The van der Waals surface area contributed by atoms with E-state index in [4.69, 9.17) is 27.9 Å². The third-order valence-electron chi connectivity index (χ3n) is 1.69. The van der Waals surface area contributed by atoms with Gasteiger partial charge in [-0.15, -0.1) is 0 Å². The lowest BCUT2D eigenvalue weighted by atomic mass is 10.2. The second kappa shape index (κ2) is 3.00. The molecule has 3 nitrogen and oxygen atoms in total. The number of ether oxygens (including phenoxy) is 1. The van der Waals surface area contributed by atoms with E-state index in [-0.39, 0.29) is 5.75 Å². The molecule has 0 fully saturated rings. The molecule has 14 heavy (non-hydrogen) atoms. The van der Waals surface area contributed by atoms with Gasteiger partial charge in [-0.25, -0.2) is 4.39 Å². The molecule has 1 heterocycles. The van der Waals surface area contributed by atoms with Crippen molar-refractivity contribution in [1.29, 1.82) is 0 Å². The van der Waals surface area contributed by atoms with E-state index in [9.17, 15) is 9.18 Å². The van der Waals surface area contributed by atoms with Gasteiger partial charge < -0.3 is 10.1 Å². The average Bonchev–Trinajstić information content (AvgIpc) is 2.07. The summed E-state index contributed by atoms with van der Waals surface area (Å²) in [5.74, 6) is -1.08. The number of benzene rings is 1. The van der Waals surface area contributed by atoms with Crippen molar-refractivity contribution in [3.8, 4) is 5.75 Å². The fraction of sp³-hybridized carbons (Fsp3) is 0.125. The van der Waals surface area contributed by atoms with Crippen molar-refractivity contribution < 1.29 is 13.9 Å². The van der Waals surface area contributed by atoms with Gasteiger partial charge in [-0.3, -0.25) is 4.79 Å². The number of carbonyl (C=O) groups is 1. The van der Waals surface area contributed by atoms with E-state index >= 15 is 0 Å². The minimum atomic E-state index is -2.00. The average molecular weight is 236 g/mol. The number of halogens is 3. The molecule has 0 unspecified atom stereocenters. The molecule has 0 spiro atoms. The first-order valence-corrected chi connectivity index (χ1v) is 4.42. The van der Waals surface area contributed by atoms with E-state index in [0.29, 0.717) is 5.69 Å². The van der Waals surface area contributed by atoms with Crippen LogP contribution < -0.4 is 10.1 Å². The maximum Gasteiger partial charge on any atom is 0.339 e. The highest BCUT2D eigenvalue weighted by molar-refractivity contribution is 6.58. The Bertz CT molecular complexity index is 408. The van der Waals surface area contributed by atoms with E-state index in [1.54, 1.807) is 0 Å². The van der Waals surface area contributed by atoms with Crippen LogP contribution in [0.4, 0.5) is 10.1 Å².